The number of halogens is 2. The molecule has 1 aromatic heterocycles. The van der Waals surface area contributed by atoms with Crippen LogP contribution in [-0.2, 0) is 27.3 Å². The number of hydrogen-bond acceptors (Lipinski definition) is 6. The predicted molar refractivity (Wildman–Crippen MR) is 135 cm³/mol. The molecule has 35 heavy (non-hydrogen) atoms. The summed E-state index contributed by atoms with van der Waals surface area (Å²) in [6.07, 6.45) is 2.66. The van der Waals surface area contributed by atoms with E-state index < -0.39 is 24.0 Å². The highest BCUT2D eigenvalue weighted by Gasteiger charge is 2.61. The lowest BCUT2D eigenvalue weighted by Gasteiger charge is -2.29. The molecule has 0 radical (unpaired) electrons. The van der Waals surface area contributed by atoms with E-state index >= 15 is 0 Å². The highest BCUT2D eigenvalue weighted by molar-refractivity contribution is 7.17. The Labute approximate surface area is 216 Å². The van der Waals surface area contributed by atoms with E-state index in [2.05, 4.69) is 6.07 Å². The second kappa shape index (κ2) is 8.65. The number of rotatable bonds is 3. The number of benzene rings is 2. The van der Waals surface area contributed by atoms with Crippen LogP contribution in [0.25, 0.3) is 0 Å². The number of carbonyl (C=O) groups excluding carboxylic acids is 2. The van der Waals surface area contributed by atoms with E-state index in [0.29, 0.717) is 31.9 Å². The fourth-order valence-corrected chi connectivity index (χ4v) is 7.16. The van der Waals surface area contributed by atoms with Gasteiger partial charge in [-0.05, 0) is 61.1 Å². The van der Waals surface area contributed by atoms with Crippen molar-refractivity contribution in [1.29, 1.82) is 5.26 Å². The van der Waals surface area contributed by atoms with Crippen molar-refractivity contribution in [2.75, 3.05) is 9.96 Å². The molecule has 3 heterocycles. The molecule has 6 rings (SSSR count). The van der Waals surface area contributed by atoms with Gasteiger partial charge in [-0.1, -0.05) is 47.5 Å². The Morgan fingerprint density at radius 2 is 1.80 bits per heavy atom. The minimum atomic E-state index is -1.02. The summed E-state index contributed by atoms with van der Waals surface area (Å²) in [6, 6.07) is 16.0. The van der Waals surface area contributed by atoms with E-state index in [-0.39, 0.29) is 5.91 Å². The lowest BCUT2D eigenvalue weighted by atomic mass is 9.90. The van der Waals surface area contributed by atoms with E-state index in [1.807, 2.05) is 30.3 Å². The third kappa shape index (κ3) is 3.47. The summed E-state index contributed by atoms with van der Waals surface area (Å²) in [5.41, 5.74) is 2.75. The average molecular weight is 524 g/mol. The van der Waals surface area contributed by atoms with Gasteiger partial charge in [-0.15, -0.1) is 11.3 Å². The molecular formula is C26H19Cl2N3O3S. The summed E-state index contributed by atoms with van der Waals surface area (Å²) in [5, 5.41) is 12.8. The first-order valence-electron chi connectivity index (χ1n) is 11.4. The zero-order valence-corrected chi connectivity index (χ0v) is 20.7. The molecule has 0 bridgehead atoms. The number of para-hydroxylation sites is 1. The molecule has 0 spiro atoms. The normalized spacial score (nSPS) is 23.4. The molecule has 3 aromatic rings. The largest absolute Gasteiger partial charge is 0.273 e. The summed E-state index contributed by atoms with van der Waals surface area (Å²) in [7, 11) is 0. The first-order valence-corrected chi connectivity index (χ1v) is 12.9. The molecule has 0 N–H and O–H groups in total. The van der Waals surface area contributed by atoms with Gasteiger partial charge in [-0.25, -0.2) is 9.96 Å². The van der Waals surface area contributed by atoms with Crippen molar-refractivity contribution >= 4 is 57.0 Å². The molecule has 176 valence electrons. The van der Waals surface area contributed by atoms with Crippen molar-refractivity contribution in [3.63, 3.8) is 0 Å². The molecule has 2 amide bonds. The minimum absolute atomic E-state index is 0.385. The fourth-order valence-electron chi connectivity index (χ4n) is 5.29. The monoisotopic (exact) mass is 523 g/mol. The smallest absolute Gasteiger partial charge is 0.267 e. The maximum absolute atomic E-state index is 13.9. The third-order valence-corrected chi connectivity index (χ3v) is 8.71. The van der Waals surface area contributed by atoms with Gasteiger partial charge in [-0.2, -0.15) is 5.26 Å². The van der Waals surface area contributed by atoms with Gasteiger partial charge in [0.05, 0.1) is 17.3 Å². The first-order chi connectivity index (χ1) is 17.0. The second-order valence-electron chi connectivity index (χ2n) is 8.84. The Bertz CT molecular complexity index is 1400. The highest BCUT2D eigenvalue weighted by atomic mass is 35.5. The molecule has 9 heteroatoms. The molecular weight excluding hydrogens is 505 g/mol. The summed E-state index contributed by atoms with van der Waals surface area (Å²) in [4.78, 5) is 36.1. The van der Waals surface area contributed by atoms with E-state index in [0.717, 1.165) is 36.1 Å². The number of imide groups is 1. The Kier molecular flexibility index (Phi) is 5.58. The highest BCUT2D eigenvalue weighted by Crippen LogP contribution is 2.51. The summed E-state index contributed by atoms with van der Waals surface area (Å²) >= 11 is 14.1. The van der Waals surface area contributed by atoms with Crippen molar-refractivity contribution in [2.45, 2.75) is 37.8 Å². The zero-order chi connectivity index (χ0) is 24.3. The molecule has 3 atom stereocenters. The zero-order valence-electron chi connectivity index (χ0n) is 18.4. The van der Waals surface area contributed by atoms with Crippen LogP contribution in [0.1, 0.15) is 40.5 Å². The summed E-state index contributed by atoms with van der Waals surface area (Å²) < 4.78 is 0. The van der Waals surface area contributed by atoms with Crippen LogP contribution in [0.5, 0.6) is 0 Å². The number of aryl methyl sites for hydroxylation is 1. The fraction of sp³-hybridized carbons (Fsp3) is 0.269. The van der Waals surface area contributed by atoms with Gasteiger partial charge >= 0.3 is 0 Å². The standard InChI is InChI=1S/C26H19Cl2N3O3S/c27-14-10-11-17(19(28)12-14)22-21-23(34-31(22)15-6-2-1-3-7-15)25(33)30(24(21)32)26-18(13-29)16-8-4-5-9-20(16)35-26/h1-3,6-7,10-12,21-23H,4-5,8-9H2/t21-,22+,23-/m1/s1. The number of anilines is 2. The van der Waals surface area contributed by atoms with Gasteiger partial charge in [0.25, 0.3) is 5.91 Å². The van der Waals surface area contributed by atoms with E-state index in [1.165, 1.54) is 16.2 Å². The van der Waals surface area contributed by atoms with E-state index in [1.54, 1.807) is 23.3 Å². The number of thiophene rings is 1. The van der Waals surface area contributed by atoms with Gasteiger partial charge in [0.1, 0.15) is 17.0 Å². The van der Waals surface area contributed by atoms with E-state index in [9.17, 15) is 14.9 Å². The topological polar surface area (TPSA) is 73.6 Å². The van der Waals surface area contributed by atoms with Crippen molar-refractivity contribution in [2.24, 2.45) is 5.92 Å². The Morgan fingerprint density at radius 1 is 1.03 bits per heavy atom. The second-order valence-corrected chi connectivity index (χ2v) is 10.8. The molecule has 1 aliphatic carbocycles. The van der Waals surface area contributed by atoms with Crippen LogP contribution >= 0.6 is 34.5 Å². The molecule has 6 nitrogen and oxygen atoms in total. The Hall–Kier alpha value is -2.89. The Balaban J connectivity index is 1.46. The molecule has 3 aliphatic rings. The molecule has 2 aliphatic heterocycles. The minimum Gasteiger partial charge on any atom is -0.273 e. The predicted octanol–water partition coefficient (Wildman–Crippen LogP) is 5.86. The lowest BCUT2D eigenvalue weighted by molar-refractivity contribution is -0.126. The maximum Gasteiger partial charge on any atom is 0.267 e. The molecule has 0 unspecified atom stereocenters. The number of amides is 2. The SMILES string of the molecule is N#Cc1c(N2C(=O)[C@H]3[C@@H](ON(c4ccccc4)[C@H]3c3ccc(Cl)cc3Cl)C2=O)sc2c1CCCC2. The van der Waals surface area contributed by atoms with Crippen LogP contribution in [0.3, 0.4) is 0 Å². The molecule has 2 aromatic carbocycles. The van der Waals surface area contributed by atoms with Crippen LogP contribution < -0.4 is 9.96 Å². The van der Waals surface area contributed by atoms with Crippen molar-refractivity contribution in [1.82, 2.24) is 0 Å². The number of nitriles is 1. The van der Waals surface area contributed by atoms with Crippen LogP contribution in [-0.4, -0.2) is 17.9 Å². The quantitative estimate of drug-likeness (QED) is 0.402. The molecule has 2 fully saturated rings. The molecule has 0 saturated carbocycles. The van der Waals surface area contributed by atoms with Gasteiger partial charge in [0.15, 0.2) is 6.10 Å². The maximum atomic E-state index is 13.9. The average Bonchev–Trinajstić information content (AvgIpc) is 3.50. The van der Waals surface area contributed by atoms with Crippen LogP contribution in [0.4, 0.5) is 10.7 Å². The van der Waals surface area contributed by atoms with Crippen LogP contribution in [0, 0.1) is 17.2 Å². The first kappa shape index (κ1) is 22.6. The van der Waals surface area contributed by atoms with Crippen molar-refractivity contribution < 1.29 is 14.4 Å². The van der Waals surface area contributed by atoms with Gasteiger partial charge < -0.3 is 0 Å². The van der Waals surface area contributed by atoms with Gasteiger partial charge in [0.2, 0.25) is 5.91 Å². The number of carbonyl (C=O) groups is 2. The van der Waals surface area contributed by atoms with E-state index in [4.69, 9.17) is 28.0 Å². The van der Waals surface area contributed by atoms with Gasteiger partial charge in [-0.3, -0.25) is 14.4 Å². The number of nitrogens with zero attached hydrogens (tertiary/aromatic N) is 3. The van der Waals surface area contributed by atoms with Crippen LogP contribution in [0.15, 0.2) is 48.5 Å². The van der Waals surface area contributed by atoms with Crippen LogP contribution in [0.2, 0.25) is 10.0 Å². The van der Waals surface area contributed by atoms with Crippen molar-refractivity contribution in [3.05, 3.63) is 80.1 Å². The lowest BCUT2D eigenvalue weighted by Crippen LogP contribution is -2.37. The number of hydroxylamine groups is 1. The molecule has 2 saturated heterocycles. The van der Waals surface area contributed by atoms with Crippen molar-refractivity contribution in [3.8, 4) is 6.07 Å². The van der Waals surface area contributed by atoms with Gasteiger partial charge in [0, 0.05) is 14.9 Å². The summed E-state index contributed by atoms with van der Waals surface area (Å²) in [6.45, 7) is 0. The number of fused-ring (bicyclic) bond motifs is 2. The number of hydrogen-bond donors (Lipinski definition) is 0. The third-order valence-electron chi connectivity index (χ3n) is 6.87. The summed E-state index contributed by atoms with van der Waals surface area (Å²) in [5.74, 6) is -1.67. The Morgan fingerprint density at radius 3 is 2.54 bits per heavy atom.